The quantitative estimate of drug-likeness (QED) is 0.457. The molecule has 1 N–H and O–H groups in total. The molecular formula is C17H14N4O2. The monoisotopic (exact) mass is 306 g/mol. The van der Waals surface area contributed by atoms with Gasteiger partial charge in [0.2, 0.25) is 0 Å². The molecule has 4 aromatic rings. The summed E-state index contributed by atoms with van der Waals surface area (Å²) >= 11 is 0. The van der Waals surface area contributed by atoms with Gasteiger partial charge in [-0.05, 0) is 19.1 Å². The highest BCUT2D eigenvalue weighted by molar-refractivity contribution is 5.96. The topological polar surface area (TPSA) is 76.8 Å². The number of hydrogen-bond acceptors (Lipinski definition) is 3. The number of imidazole rings is 1. The Bertz CT molecular complexity index is 1050. The van der Waals surface area contributed by atoms with Crippen LogP contribution in [0.2, 0.25) is 0 Å². The first-order valence-corrected chi connectivity index (χ1v) is 7.40. The lowest BCUT2D eigenvalue weighted by molar-refractivity contribution is -0.384. The standard InChI is InChI=1S/C17H14N4O2/c1-2-20-10-13(12-5-3-4-6-16(12)20)17-18-14-8-7-11(21(22)23)9-15(14)19-17/h3-10H,2H2,1H3,(H,18,19). The van der Waals surface area contributed by atoms with Crippen LogP contribution in [-0.2, 0) is 6.54 Å². The molecule has 2 aromatic heterocycles. The lowest BCUT2D eigenvalue weighted by Gasteiger charge is -1.97. The van der Waals surface area contributed by atoms with Gasteiger partial charge in [-0.15, -0.1) is 0 Å². The second-order valence-electron chi connectivity index (χ2n) is 5.39. The van der Waals surface area contributed by atoms with Crippen molar-refractivity contribution in [1.82, 2.24) is 14.5 Å². The van der Waals surface area contributed by atoms with Gasteiger partial charge in [0.05, 0.1) is 16.0 Å². The van der Waals surface area contributed by atoms with E-state index in [0.29, 0.717) is 5.52 Å². The Morgan fingerprint density at radius 3 is 2.87 bits per heavy atom. The Morgan fingerprint density at radius 2 is 2.09 bits per heavy atom. The van der Waals surface area contributed by atoms with Crippen molar-refractivity contribution < 1.29 is 4.92 Å². The minimum Gasteiger partial charge on any atom is -0.347 e. The number of H-pyrrole nitrogens is 1. The van der Waals surface area contributed by atoms with Crippen LogP contribution < -0.4 is 0 Å². The third-order valence-electron chi connectivity index (χ3n) is 4.06. The van der Waals surface area contributed by atoms with Crippen molar-refractivity contribution in [3.05, 3.63) is 58.8 Å². The van der Waals surface area contributed by atoms with E-state index in [1.165, 1.54) is 12.1 Å². The van der Waals surface area contributed by atoms with Crippen LogP contribution in [0.4, 0.5) is 5.69 Å². The zero-order valence-electron chi connectivity index (χ0n) is 12.5. The molecule has 0 aliphatic rings. The smallest absolute Gasteiger partial charge is 0.271 e. The van der Waals surface area contributed by atoms with Gasteiger partial charge in [-0.2, -0.15) is 0 Å². The normalized spacial score (nSPS) is 11.3. The lowest BCUT2D eigenvalue weighted by Crippen LogP contribution is -1.89. The van der Waals surface area contributed by atoms with E-state index < -0.39 is 4.92 Å². The number of aromatic amines is 1. The summed E-state index contributed by atoms with van der Waals surface area (Å²) in [6, 6.07) is 12.8. The molecule has 114 valence electrons. The Morgan fingerprint density at radius 1 is 1.26 bits per heavy atom. The van der Waals surface area contributed by atoms with Crippen molar-refractivity contribution >= 4 is 27.6 Å². The first-order chi connectivity index (χ1) is 11.2. The number of nitrogens with zero attached hydrogens (tertiary/aromatic N) is 3. The molecule has 6 nitrogen and oxygen atoms in total. The Kier molecular flexibility index (Phi) is 2.90. The number of aromatic nitrogens is 3. The van der Waals surface area contributed by atoms with E-state index in [4.69, 9.17) is 0 Å². The molecule has 0 fully saturated rings. The van der Waals surface area contributed by atoms with Crippen LogP contribution in [0, 0.1) is 10.1 Å². The molecule has 6 heteroatoms. The summed E-state index contributed by atoms with van der Waals surface area (Å²) in [4.78, 5) is 18.3. The molecule has 0 aliphatic carbocycles. The number of benzene rings is 2. The molecule has 2 heterocycles. The summed E-state index contributed by atoms with van der Waals surface area (Å²) < 4.78 is 2.17. The van der Waals surface area contributed by atoms with Crippen LogP contribution in [0.15, 0.2) is 48.7 Å². The number of nitro benzene ring substituents is 1. The van der Waals surface area contributed by atoms with Gasteiger partial charge in [0.15, 0.2) is 0 Å². The van der Waals surface area contributed by atoms with Crippen molar-refractivity contribution in [3.8, 4) is 11.4 Å². The van der Waals surface area contributed by atoms with E-state index >= 15 is 0 Å². The van der Waals surface area contributed by atoms with Crippen LogP contribution in [0.1, 0.15) is 6.92 Å². The molecule has 4 rings (SSSR count). The van der Waals surface area contributed by atoms with Crippen LogP contribution in [0.3, 0.4) is 0 Å². The average Bonchev–Trinajstić information content (AvgIpc) is 3.14. The number of fused-ring (bicyclic) bond motifs is 2. The minimum absolute atomic E-state index is 0.0590. The molecule has 0 amide bonds. The fraction of sp³-hybridized carbons (Fsp3) is 0.118. The third kappa shape index (κ3) is 2.07. The molecule has 0 saturated heterocycles. The molecular weight excluding hydrogens is 292 g/mol. The van der Waals surface area contributed by atoms with Gasteiger partial charge in [0, 0.05) is 41.3 Å². The van der Waals surface area contributed by atoms with Crippen molar-refractivity contribution in [2.45, 2.75) is 13.5 Å². The predicted molar refractivity (Wildman–Crippen MR) is 89.4 cm³/mol. The maximum absolute atomic E-state index is 10.9. The van der Waals surface area contributed by atoms with Crippen molar-refractivity contribution in [3.63, 3.8) is 0 Å². The molecule has 0 spiro atoms. The van der Waals surface area contributed by atoms with Gasteiger partial charge in [0.1, 0.15) is 5.82 Å². The first-order valence-electron chi connectivity index (χ1n) is 7.40. The van der Waals surface area contributed by atoms with Gasteiger partial charge in [-0.3, -0.25) is 10.1 Å². The van der Waals surface area contributed by atoms with E-state index in [-0.39, 0.29) is 5.69 Å². The second-order valence-corrected chi connectivity index (χ2v) is 5.39. The van der Waals surface area contributed by atoms with E-state index in [9.17, 15) is 10.1 Å². The summed E-state index contributed by atoms with van der Waals surface area (Å²) in [5.74, 6) is 0.726. The molecule has 0 saturated carbocycles. The lowest BCUT2D eigenvalue weighted by atomic mass is 10.2. The molecule has 23 heavy (non-hydrogen) atoms. The SMILES string of the molecule is CCn1cc(-c2nc3ccc([N+](=O)[O-])cc3[nH]2)c2ccccc21. The van der Waals surface area contributed by atoms with Gasteiger partial charge in [0.25, 0.3) is 5.69 Å². The summed E-state index contributed by atoms with van der Waals surface area (Å²) in [5.41, 5.74) is 3.60. The zero-order chi connectivity index (χ0) is 16.0. The fourth-order valence-corrected chi connectivity index (χ4v) is 2.94. The maximum atomic E-state index is 10.9. The van der Waals surface area contributed by atoms with Crippen LogP contribution in [-0.4, -0.2) is 19.5 Å². The van der Waals surface area contributed by atoms with Crippen LogP contribution in [0.25, 0.3) is 33.3 Å². The van der Waals surface area contributed by atoms with Gasteiger partial charge < -0.3 is 9.55 Å². The van der Waals surface area contributed by atoms with E-state index in [1.54, 1.807) is 6.07 Å². The number of hydrogen-bond donors (Lipinski definition) is 1. The summed E-state index contributed by atoms with van der Waals surface area (Å²) in [6.07, 6.45) is 2.07. The zero-order valence-corrected chi connectivity index (χ0v) is 12.5. The molecule has 0 aliphatic heterocycles. The number of para-hydroxylation sites is 1. The third-order valence-corrected chi connectivity index (χ3v) is 4.06. The Hall–Kier alpha value is -3.15. The number of rotatable bonds is 3. The molecule has 0 atom stereocenters. The first kappa shape index (κ1) is 13.5. The second kappa shape index (κ2) is 4.95. The van der Waals surface area contributed by atoms with Gasteiger partial charge in [-0.1, -0.05) is 18.2 Å². The summed E-state index contributed by atoms with van der Waals surface area (Å²) in [7, 11) is 0. The molecule has 0 radical (unpaired) electrons. The molecule has 0 bridgehead atoms. The van der Waals surface area contributed by atoms with Crippen LogP contribution in [0.5, 0.6) is 0 Å². The average molecular weight is 306 g/mol. The van der Waals surface area contributed by atoms with E-state index in [2.05, 4.69) is 39.8 Å². The van der Waals surface area contributed by atoms with Gasteiger partial charge in [-0.25, -0.2) is 4.98 Å². The number of nitro groups is 1. The summed E-state index contributed by atoms with van der Waals surface area (Å²) in [6.45, 7) is 2.96. The van der Waals surface area contributed by atoms with Crippen molar-refractivity contribution in [2.24, 2.45) is 0 Å². The van der Waals surface area contributed by atoms with E-state index in [0.717, 1.165) is 34.4 Å². The largest absolute Gasteiger partial charge is 0.347 e. The van der Waals surface area contributed by atoms with Crippen LogP contribution >= 0.6 is 0 Å². The fourth-order valence-electron chi connectivity index (χ4n) is 2.94. The van der Waals surface area contributed by atoms with E-state index in [1.807, 2.05) is 12.1 Å². The van der Waals surface area contributed by atoms with Crippen molar-refractivity contribution in [1.29, 1.82) is 0 Å². The highest BCUT2D eigenvalue weighted by atomic mass is 16.6. The number of nitrogens with one attached hydrogen (secondary N) is 1. The Balaban J connectivity index is 1.94. The highest BCUT2D eigenvalue weighted by Crippen LogP contribution is 2.31. The van der Waals surface area contributed by atoms with Crippen molar-refractivity contribution in [2.75, 3.05) is 0 Å². The molecule has 0 unspecified atom stereocenters. The maximum Gasteiger partial charge on any atom is 0.271 e. The summed E-state index contributed by atoms with van der Waals surface area (Å²) in [5, 5.41) is 12.0. The molecule has 2 aromatic carbocycles. The minimum atomic E-state index is -0.400. The highest BCUT2D eigenvalue weighted by Gasteiger charge is 2.14. The predicted octanol–water partition coefficient (Wildman–Crippen LogP) is 4.11. The number of aryl methyl sites for hydroxylation is 1. The Labute approximate surface area is 131 Å². The number of non-ortho nitro benzene ring substituents is 1. The van der Waals surface area contributed by atoms with Gasteiger partial charge >= 0.3 is 0 Å².